The van der Waals surface area contributed by atoms with Crippen molar-refractivity contribution in [1.82, 2.24) is 15.0 Å². The molecule has 2 aromatic rings. The highest BCUT2D eigenvalue weighted by Gasteiger charge is 1.96. The molecule has 0 aliphatic rings. The first kappa shape index (κ1) is 7.50. The molecule has 62 valence electrons. The van der Waals surface area contributed by atoms with Crippen LogP contribution in [-0.4, -0.2) is 21.2 Å². The molecule has 4 nitrogen and oxygen atoms in total. The van der Waals surface area contributed by atoms with Crippen LogP contribution in [0.2, 0.25) is 0 Å². The van der Waals surface area contributed by atoms with Gasteiger partial charge in [-0.1, -0.05) is 5.92 Å². The van der Waals surface area contributed by atoms with E-state index < -0.39 is 0 Å². The molecule has 0 aliphatic carbocycles. The van der Waals surface area contributed by atoms with Gasteiger partial charge in [0.25, 0.3) is 0 Å². The van der Waals surface area contributed by atoms with E-state index in [9.17, 15) is 4.79 Å². The second-order valence-electron chi connectivity index (χ2n) is 2.38. The van der Waals surface area contributed by atoms with Gasteiger partial charge in [0, 0.05) is 11.8 Å². The zero-order valence-corrected chi connectivity index (χ0v) is 6.61. The van der Waals surface area contributed by atoms with E-state index in [1.807, 2.05) is 0 Å². The molecule has 0 radical (unpaired) electrons. The summed E-state index contributed by atoms with van der Waals surface area (Å²) in [7, 11) is 0. The largest absolute Gasteiger partial charge is 0.343 e. The number of nitrogens with zero attached hydrogens (tertiary/aromatic N) is 2. The third kappa shape index (κ3) is 1.40. The van der Waals surface area contributed by atoms with Crippen molar-refractivity contribution < 1.29 is 4.79 Å². The summed E-state index contributed by atoms with van der Waals surface area (Å²) in [6.07, 6.45) is 3.70. The van der Waals surface area contributed by atoms with E-state index in [4.69, 9.17) is 0 Å². The third-order valence-electron chi connectivity index (χ3n) is 1.55. The van der Waals surface area contributed by atoms with E-state index in [0.717, 1.165) is 5.52 Å². The molecule has 0 saturated carbocycles. The molecule has 1 N–H and O–H groups in total. The minimum atomic E-state index is 0.553. The zero-order chi connectivity index (χ0) is 9.10. The van der Waals surface area contributed by atoms with Gasteiger partial charge in [0.2, 0.25) is 0 Å². The first-order chi connectivity index (χ1) is 6.40. The molecule has 13 heavy (non-hydrogen) atoms. The monoisotopic (exact) mass is 171 g/mol. The molecule has 2 heterocycles. The number of hydrogen-bond acceptors (Lipinski definition) is 3. The van der Waals surface area contributed by atoms with Crippen LogP contribution in [0.4, 0.5) is 0 Å². The number of aromatic nitrogens is 3. The molecule has 0 fully saturated rings. The lowest BCUT2D eigenvalue weighted by Crippen LogP contribution is -1.80. The number of rotatable bonds is 0. The topological polar surface area (TPSA) is 58.6 Å². The maximum atomic E-state index is 9.98. The van der Waals surface area contributed by atoms with Crippen LogP contribution in [0.25, 0.3) is 11.2 Å². The molecular formula is C9H5N3O. The van der Waals surface area contributed by atoms with Crippen molar-refractivity contribution in [3.05, 3.63) is 24.2 Å². The van der Waals surface area contributed by atoms with Gasteiger partial charge in [-0.2, -0.15) is 0 Å². The lowest BCUT2D eigenvalue weighted by molar-refractivity contribution is -0.103. The van der Waals surface area contributed by atoms with Crippen molar-refractivity contribution in [1.29, 1.82) is 0 Å². The molecule has 0 amide bonds. The highest BCUT2D eigenvalue weighted by molar-refractivity contribution is 5.76. The lowest BCUT2D eigenvalue weighted by Gasteiger charge is -1.88. The molecule has 2 rings (SSSR count). The normalized spacial score (nSPS) is 9.23. The van der Waals surface area contributed by atoms with Gasteiger partial charge in [-0.05, 0) is 12.0 Å². The van der Waals surface area contributed by atoms with Gasteiger partial charge >= 0.3 is 0 Å². The molecule has 0 spiro atoms. The average molecular weight is 171 g/mol. The Morgan fingerprint density at radius 1 is 1.46 bits per heavy atom. The van der Waals surface area contributed by atoms with Gasteiger partial charge in [-0.15, -0.1) is 0 Å². The van der Waals surface area contributed by atoms with E-state index in [-0.39, 0.29) is 0 Å². The molecular weight excluding hydrogens is 166 g/mol. The Hall–Kier alpha value is -2.15. The molecule has 0 bridgehead atoms. The van der Waals surface area contributed by atoms with Crippen molar-refractivity contribution in [3.63, 3.8) is 0 Å². The maximum Gasteiger partial charge on any atom is 0.193 e. The second-order valence-corrected chi connectivity index (χ2v) is 2.38. The Morgan fingerprint density at radius 3 is 3.23 bits per heavy atom. The minimum absolute atomic E-state index is 0.553. The van der Waals surface area contributed by atoms with Gasteiger partial charge in [0.05, 0.1) is 11.8 Å². The molecule has 0 aromatic carbocycles. The number of aromatic amines is 1. The van der Waals surface area contributed by atoms with Crippen LogP contribution in [0.5, 0.6) is 0 Å². The fourth-order valence-corrected chi connectivity index (χ4v) is 1.01. The number of aldehydes is 1. The molecule has 0 atom stereocenters. The van der Waals surface area contributed by atoms with E-state index in [1.54, 1.807) is 18.6 Å². The van der Waals surface area contributed by atoms with Crippen molar-refractivity contribution in [2.24, 2.45) is 0 Å². The second kappa shape index (κ2) is 3.07. The number of fused-ring (bicyclic) bond motifs is 1. The Morgan fingerprint density at radius 2 is 2.38 bits per heavy atom. The molecule has 0 unspecified atom stereocenters. The number of carbonyl (C=O) groups is 1. The third-order valence-corrected chi connectivity index (χ3v) is 1.55. The summed E-state index contributed by atoms with van der Waals surface area (Å²) in [4.78, 5) is 20.9. The Bertz CT molecular complexity index is 504. The summed E-state index contributed by atoms with van der Waals surface area (Å²) in [6, 6.07) is 1.80. The molecule has 2 aromatic heterocycles. The summed E-state index contributed by atoms with van der Waals surface area (Å²) in [5.74, 6) is 4.96. The van der Waals surface area contributed by atoms with Crippen LogP contribution in [0, 0.1) is 11.8 Å². The molecule has 4 heteroatoms. The van der Waals surface area contributed by atoms with Crippen molar-refractivity contribution in [2.45, 2.75) is 0 Å². The van der Waals surface area contributed by atoms with E-state index in [2.05, 4.69) is 26.8 Å². The maximum absolute atomic E-state index is 9.98. The summed E-state index contributed by atoms with van der Waals surface area (Å²) in [6.45, 7) is 0. The average Bonchev–Trinajstić information content (AvgIpc) is 2.61. The first-order valence-electron chi connectivity index (χ1n) is 3.64. The van der Waals surface area contributed by atoms with Crippen LogP contribution in [-0.2, 0) is 4.79 Å². The van der Waals surface area contributed by atoms with Crippen LogP contribution in [0.1, 0.15) is 5.56 Å². The van der Waals surface area contributed by atoms with Crippen molar-refractivity contribution in [2.75, 3.05) is 0 Å². The van der Waals surface area contributed by atoms with E-state index in [0.29, 0.717) is 17.5 Å². The Labute approximate surface area is 74.0 Å². The Balaban J connectivity index is 2.54. The highest BCUT2D eigenvalue weighted by atomic mass is 16.1. The predicted molar refractivity (Wildman–Crippen MR) is 46.8 cm³/mol. The summed E-state index contributed by atoms with van der Waals surface area (Å²) < 4.78 is 0. The van der Waals surface area contributed by atoms with Crippen LogP contribution in [0.3, 0.4) is 0 Å². The first-order valence-corrected chi connectivity index (χ1v) is 3.64. The highest BCUT2D eigenvalue weighted by Crippen LogP contribution is 2.06. The number of imidazole rings is 1. The van der Waals surface area contributed by atoms with E-state index >= 15 is 0 Å². The number of carbonyl (C=O) groups excluding carboxylic acids is 1. The fourth-order valence-electron chi connectivity index (χ4n) is 1.01. The van der Waals surface area contributed by atoms with Gasteiger partial charge in [0.1, 0.15) is 0 Å². The smallest absolute Gasteiger partial charge is 0.193 e. The van der Waals surface area contributed by atoms with Crippen molar-refractivity contribution >= 4 is 17.5 Å². The number of H-pyrrole nitrogens is 1. The molecule has 0 saturated heterocycles. The van der Waals surface area contributed by atoms with E-state index in [1.165, 1.54) is 0 Å². The Kier molecular flexibility index (Phi) is 1.77. The number of hydrogen-bond donors (Lipinski definition) is 1. The van der Waals surface area contributed by atoms with Gasteiger partial charge in [0.15, 0.2) is 11.9 Å². The fraction of sp³-hybridized carbons (Fsp3) is 0. The zero-order valence-electron chi connectivity index (χ0n) is 6.61. The SMILES string of the molecule is O=CC#Cc1cnc2nc[nH]c2c1. The van der Waals surface area contributed by atoms with Crippen LogP contribution in [0.15, 0.2) is 18.6 Å². The summed E-state index contributed by atoms with van der Waals surface area (Å²) in [5, 5.41) is 0. The van der Waals surface area contributed by atoms with Gasteiger partial charge in [-0.25, -0.2) is 9.97 Å². The van der Waals surface area contributed by atoms with Crippen LogP contribution >= 0.6 is 0 Å². The number of pyridine rings is 1. The quantitative estimate of drug-likeness (QED) is 0.464. The van der Waals surface area contributed by atoms with Gasteiger partial charge in [-0.3, -0.25) is 4.79 Å². The lowest BCUT2D eigenvalue weighted by atomic mass is 10.3. The van der Waals surface area contributed by atoms with Gasteiger partial charge < -0.3 is 4.98 Å². The minimum Gasteiger partial charge on any atom is -0.343 e. The summed E-state index contributed by atoms with van der Waals surface area (Å²) in [5.41, 5.74) is 2.17. The van der Waals surface area contributed by atoms with Crippen molar-refractivity contribution in [3.8, 4) is 11.8 Å². The predicted octanol–water partition coefficient (Wildman–Crippen LogP) is 0.508. The standard InChI is InChI=1S/C9H5N3O/c13-3-1-2-7-4-8-9(10-5-7)12-6-11-8/h3-6H,(H,10,11,12). The molecule has 0 aliphatic heterocycles. The summed E-state index contributed by atoms with van der Waals surface area (Å²) >= 11 is 0. The van der Waals surface area contributed by atoms with Crippen LogP contribution < -0.4 is 0 Å². The number of nitrogens with one attached hydrogen (secondary N) is 1.